The van der Waals surface area contributed by atoms with E-state index in [-0.39, 0.29) is 88.2 Å². The normalized spacial score (nSPS) is 12.2. The summed E-state index contributed by atoms with van der Waals surface area (Å²) in [6, 6.07) is 3.80. The van der Waals surface area contributed by atoms with Crippen LogP contribution in [0.1, 0.15) is 251 Å². The Morgan fingerprint density at radius 3 is 1.29 bits per heavy atom. The molecule has 0 aliphatic heterocycles. The number of nitrogen functional groups attached to an aromatic ring is 5. The summed E-state index contributed by atoms with van der Waals surface area (Å²) in [6.07, 6.45) is 16.3. The van der Waals surface area contributed by atoms with E-state index in [1.807, 2.05) is 127 Å². The Labute approximate surface area is 846 Å². The van der Waals surface area contributed by atoms with E-state index in [1.165, 1.54) is 58.1 Å². The Bertz CT molecular complexity index is 7360. The molecule has 0 radical (unpaired) electrons. The van der Waals surface area contributed by atoms with Crippen LogP contribution in [0, 0.1) is 27.7 Å². The second kappa shape index (κ2) is 41.7. The molecule has 0 fully saturated rings. The highest BCUT2D eigenvalue weighted by Crippen LogP contribution is 2.39. The number of thiophene rings is 2. The van der Waals surface area contributed by atoms with E-state index >= 15 is 0 Å². The summed E-state index contributed by atoms with van der Waals surface area (Å²) < 4.78 is 19.8. The lowest BCUT2D eigenvalue weighted by molar-refractivity contribution is 0.356. The van der Waals surface area contributed by atoms with Crippen molar-refractivity contribution in [3.05, 3.63) is 180 Å². The number of pyridine rings is 1. The van der Waals surface area contributed by atoms with Crippen molar-refractivity contribution in [1.82, 2.24) is 167 Å². The van der Waals surface area contributed by atoms with E-state index in [1.54, 1.807) is 84.2 Å². The quantitative estimate of drug-likeness (QED) is 0.0674. The van der Waals surface area contributed by atoms with Crippen molar-refractivity contribution in [3.63, 3.8) is 0 Å². The molecule has 48 heteroatoms. The maximum Gasteiger partial charge on any atom is 0.281 e. The minimum absolute atomic E-state index is 0.0164. The highest BCUT2D eigenvalue weighted by molar-refractivity contribution is 7.12. The van der Waals surface area contributed by atoms with Gasteiger partial charge in [-0.05, 0) is 204 Å². The number of nitrogens with one attached hydrogen (secondary N) is 5. The van der Waals surface area contributed by atoms with Gasteiger partial charge >= 0.3 is 0 Å². The van der Waals surface area contributed by atoms with Crippen molar-refractivity contribution in [2.75, 3.05) is 28.7 Å². The predicted molar refractivity (Wildman–Crippen MR) is 577 cm³/mol. The fourth-order valence-electron chi connectivity index (χ4n) is 14.2. The lowest BCUT2D eigenvalue weighted by atomic mass is 9.93. The first kappa shape index (κ1) is 110. The molecule has 20 aromatic heterocycles. The Kier molecular flexibility index (Phi) is 31.8. The van der Waals surface area contributed by atoms with Crippen LogP contribution in [-0.4, -0.2) is 167 Å². The first-order chi connectivity index (χ1) is 66.6. The van der Waals surface area contributed by atoms with E-state index in [0.717, 1.165) is 70.5 Å². The van der Waals surface area contributed by atoms with Gasteiger partial charge in [-0.15, -0.1) is 38.0 Å². The van der Waals surface area contributed by atoms with Crippen LogP contribution in [0.2, 0.25) is 0 Å². The molecular weight excluding hydrogens is 1910 g/mol. The first-order valence-corrected chi connectivity index (χ1v) is 49.3. The highest BCUT2D eigenvalue weighted by Gasteiger charge is 2.30. The Morgan fingerprint density at radius 2 is 0.750 bits per heavy atom. The van der Waals surface area contributed by atoms with E-state index in [4.69, 9.17) is 28.7 Å². The third-order valence-electron chi connectivity index (χ3n) is 21.2. The van der Waals surface area contributed by atoms with Gasteiger partial charge in [-0.1, -0.05) is 88.3 Å². The van der Waals surface area contributed by atoms with Gasteiger partial charge in [-0.25, -0.2) is 79.1 Å². The number of rotatable bonds is 0. The van der Waals surface area contributed by atoms with Crippen molar-refractivity contribution in [3.8, 4) is 0 Å². The number of aryl methyl sites for hydroxylation is 4. The average molecular weight is 2040 g/mol. The van der Waals surface area contributed by atoms with Gasteiger partial charge in [0.05, 0.1) is 79.5 Å². The van der Waals surface area contributed by atoms with Crippen molar-refractivity contribution in [2.45, 2.75) is 290 Å². The molecule has 0 aliphatic carbocycles. The summed E-state index contributed by atoms with van der Waals surface area (Å²) in [7, 11) is 0. The number of imidazole rings is 3. The van der Waals surface area contributed by atoms with Gasteiger partial charge in [0.15, 0.2) is 67.8 Å². The fourth-order valence-corrected chi connectivity index (χ4v) is 18.1. The molecule has 0 amide bonds. The number of anilines is 5. The first-order valence-electron chi connectivity index (χ1n) is 45.9. The zero-order chi connectivity index (χ0) is 107. The van der Waals surface area contributed by atoms with Crippen LogP contribution in [0.15, 0.2) is 110 Å². The maximum absolute atomic E-state index is 11.7. The lowest BCUT2D eigenvalue weighted by Crippen LogP contribution is -2.24. The summed E-state index contributed by atoms with van der Waals surface area (Å²) >= 11 is 6.16. The van der Waals surface area contributed by atoms with E-state index < -0.39 is 0 Å². The molecule has 0 unspecified atom stereocenters. The molecule has 20 heterocycles. The molecular formula is C96H131N39O5S4. The van der Waals surface area contributed by atoms with Crippen LogP contribution in [0.25, 0.3) is 111 Å². The second-order valence-electron chi connectivity index (χ2n) is 44.0. The lowest BCUT2D eigenvalue weighted by Gasteiger charge is -2.21. The predicted octanol–water partition coefficient (Wildman–Crippen LogP) is 15.8. The van der Waals surface area contributed by atoms with Gasteiger partial charge in [-0.2, -0.15) is 13.8 Å². The van der Waals surface area contributed by atoms with Crippen LogP contribution >= 0.6 is 45.7 Å². The number of hydrogen-bond acceptors (Lipinski definition) is 37. The van der Waals surface area contributed by atoms with E-state index in [2.05, 4.69) is 274 Å². The molecule has 0 saturated carbocycles. The average Bonchev–Trinajstić information content (AvgIpc) is 1.60. The van der Waals surface area contributed by atoms with Crippen LogP contribution < -0.4 is 56.5 Å². The molecule has 44 nitrogen and oxygen atoms in total. The van der Waals surface area contributed by atoms with Gasteiger partial charge in [0.25, 0.3) is 27.8 Å². The standard InChI is InChI=1S/C11H14N2OS.C11H14N2S.C10H14N4O.C10H14N4.C10H13N3OS.C9H13N5O.C9H13N5.C9H12N4O.C9H12N4S.C8H12N6/c1-6-12-8-7(10(14)13-6)5-15-9(8)11(2,3)4;1-11(2,3)10-9-7(6-14-10)8(12)4-5-13-9;1-6-12-8-7(9(15)13-6)11-5-14(8)10(2,3)4;1-10(2,3)14-5-4-7-8(11)12-6-13-9(7)14;1-5-11-6-7(9(14)12-5)13-15-8(6)10(2,3)4;1-5-10-7-6(8(15)11-5)12-13-14(7)9(2,3)4;1-9(2,3)14-5-13-6-7(10)11-4-12-8(6)14;1-9(2,3)13-5-12-6-7(13)10-4-11-8(6)14;1-9(2,3)7-5-6(13-14-7)8(10)12-4-11-5;1-8(2,3)14-7-5(4-10-14)6(9)11-13-12-7/h5H,1-4H3,(H,12,13,14);4-6H,12H2,1-3H3;5H,1-4H3,(H,12,13,15);4-6H,1-3H3,(H2,11,12,13);1-4H3,(H,11,12,14);1-4H3,(H,10,11,15);4-5H,1-3H3,(H2,10,11,12);4-5H,1-3H3,(H,10,11,14);4H,1-3H3,(H2,10,11,12);4H,1-3H3,(H2,9,11,12). The van der Waals surface area contributed by atoms with Crippen LogP contribution in [0.4, 0.5) is 29.0 Å². The van der Waals surface area contributed by atoms with Crippen LogP contribution in [0.3, 0.4) is 0 Å². The highest BCUT2D eigenvalue weighted by atomic mass is 32.1. The second-order valence-corrected chi connectivity index (χ2v) is 47.3. The maximum atomic E-state index is 11.7. The minimum atomic E-state index is -0.243. The van der Waals surface area contributed by atoms with Crippen molar-refractivity contribution < 1.29 is 0 Å². The number of hydrogen-bond donors (Lipinski definition) is 10. The number of aromatic amines is 5. The third-order valence-corrected chi connectivity index (χ3v) is 26.5. The summed E-state index contributed by atoms with van der Waals surface area (Å²) in [5.74, 6) is 4.29. The number of nitrogens with two attached hydrogens (primary N) is 5. The zero-order valence-electron chi connectivity index (χ0n) is 88.1. The largest absolute Gasteiger partial charge is 0.398 e. The third kappa shape index (κ3) is 25.3. The van der Waals surface area contributed by atoms with Crippen LogP contribution in [0.5, 0.6) is 0 Å². The molecule has 20 rings (SSSR count). The van der Waals surface area contributed by atoms with Gasteiger partial charge in [0.1, 0.15) is 75.8 Å². The number of aromatic nitrogens is 34. The van der Waals surface area contributed by atoms with E-state index in [9.17, 15) is 24.0 Å². The molecule has 144 heavy (non-hydrogen) atoms. The monoisotopic (exact) mass is 2040 g/mol. The van der Waals surface area contributed by atoms with Gasteiger partial charge < -0.3 is 71.9 Å². The molecule has 0 atom stereocenters. The Balaban J connectivity index is 0.000000153. The summed E-state index contributed by atoms with van der Waals surface area (Å²) in [4.78, 5) is 138. The molecule has 0 saturated heterocycles. The molecule has 0 spiro atoms. The summed E-state index contributed by atoms with van der Waals surface area (Å²) in [6.45, 7) is 69.8. The molecule has 0 bridgehead atoms. The van der Waals surface area contributed by atoms with Gasteiger partial charge in [0, 0.05) is 77.0 Å². The molecule has 0 aliphatic rings. The number of fused-ring (bicyclic) bond motifs is 10. The topological polar surface area (TPSA) is 620 Å². The number of nitrogens with zero attached hydrogens (tertiary/aromatic N) is 29. The van der Waals surface area contributed by atoms with Crippen LogP contribution in [-0.2, 0) is 54.9 Å². The SMILES string of the molecule is CC(C)(C)c1scc2c(N)ccnc12.CC(C)(C)c1snc2c(N)ncnc12.CC(C)(C)n1ccc2c(N)ncnc21.CC(C)(C)n1cnc2c(=O)[nH]cnc21.CC(C)(C)n1cnc2c(N)ncnc21.CC(C)(C)n1ncc2c(N)nnnc21.Cc1nc2c(C(C)(C)C)scc2c(=O)[nH]1.Cc1nc2c(C(C)(C)C)snc2c(=O)[nH]1.Cc1nc2c(ncn2C(C)(C)C)c(=O)[nH]1.Cc1nc2c(nnn2C(C)(C)C)c(=O)[nH]1. The minimum Gasteiger partial charge on any atom is -0.398 e. The Hall–Kier alpha value is -14.7. The summed E-state index contributed by atoms with van der Waals surface area (Å²) in [5.41, 5.74) is 38.9. The fraction of sp³-hybridized carbons (Fsp3) is 0.458. The molecule has 0 aromatic carbocycles. The van der Waals surface area contributed by atoms with E-state index in [0.29, 0.717) is 96.6 Å². The summed E-state index contributed by atoms with van der Waals surface area (Å²) in [5, 5.41) is 30.6. The van der Waals surface area contributed by atoms with Crippen molar-refractivity contribution >= 4 is 185 Å². The van der Waals surface area contributed by atoms with Crippen molar-refractivity contribution in [2.24, 2.45) is 0 Å². The smallest absolute Gasteiger partial charge is 0.281 e. The molecule has 20 aromatic rings. The molecule has 15 N–H and O–H groups in total. The number of H-pyrrole nitrogens is 5. The van der Waals surface area contributed by atoms with Gasteiger partial charge in [0.2, 0.25) is 0 Å². The van der Waals surface area contributed by atoms with Crippen molar-refractivity contribution in [1.29, 1.82) is 0 Å². The van der Waals surface area contributed by atoms with Gasteiger partial charge in [-0.3, -0.25) is 29.0 Å². The zero-order valence-corrected chi connectivity index (χ0v) is 91.4. The Morgan fingerprint density at radius 1 is 0.312 bits per heavy atom. The molecule has 764 valence electrons.